The van der Waals surface area contributed by atoms with E-state index in [1.54, 1.807) is 42.5 Å². The van der Waals surface area contributed by atoms with E-state index in [1.807, 2.05) is 6.07 Å². The van der Waals surface area contributed by atoms with Gasteiger partial charge in [-0.3, -0.25) is 4.90 Å². The fourth-order valence-corrected chi connectivity index (χ4v) is 4.50. The molecule has 2 aliphatic rings. The molecule has 0 saturated heterocycles. The van der Waals surface area contributed by atoms with Crippen molar-refractivity contribution in [1.29, 1.82) is 5.26 Å². The Morgan fingerprint density at radius 3 is 2.36 bits per heavy atom. The van der Waals surface area contributed by atoms with E-state index in [0.717, 1.165) is 11.1 Å². The first-order valence-corrected chi connectivity index (χ1v) is 10.4. The molecule has 0 radical (unpaired) electrons. The summed E-state index contributed by atoms with van der Waals surface area (Å²) < 4.78 is 10.1. The van der Waals surface area contributed by atoms with Gasteiger partial charge in [0.15, 0.2) is 0 Å². The summed E-state index contributed by atoms with van der Waals surface area (Å²) >= 11 is 0. The Kier molecular flexibility index (Phi) is 5.90. The fraction of sp³-hybridized carbons (Fsp3) is 0.240. The number of nitrogens with zero attached hydrogens (tertiary/aromatic N) is 2. The third-order valence-corrected chi connectivity index (χ3v) is 5.97. The number of carbonyl (C=O) groups excluding carboxylic acids is 2. The maximum atomic E-state index is 13.1. The van der Waals surface area contributed by atoms with E-state index >= 15 is 0 Å². The van der Waals surface area contributed by atoms with Gasteiger partial charge in [-0.1, -0.05) is 36.4 Å². The number of hydrogen-bond acceptors (Lipinski definition) is 8. The second-order valence-corrected chi connectivity index (χ2v) is 7.85. The van der Waals surface area contributed by atoms with Gasteiger partial charge in [-0.2, -0.15) is 5.26 Å². The molecule has 8 heteroatoms. The first-order chi connectivity index (χ1) is 15.9. The minimum Gasteiger partial charge on any atom is -0.466 e. The molecule has 2 atom stereocenters. The molecule has 0 aromatic heterocycles. The van der Waals surface area contributed by atoms with Crippen LogP contribution in [0.4, 0.5) is 5.69 Å². The second-order valence-electron chi connectivity index (χ2n) is 7.85. The zero-order valence-corrected chi connectivity index (χ0v) is 18.2. The van der Waals surface area contributed by atoms with E-state index in [9.17, 15) is 20.0 Å². The highest BCUT2D eigenvalue weighted by molar-refractivity contribution is 6.06. The number of hydrogen-bond donors (Lipinski definition) is 2. The molecular weight excluding hydrogens is 422 g/mol. The number of benzene rings is 2. The van der Waals surface area contributed by atoms with Crippen LogP contribution >= 0.6 is 0 Å². The monoisotopic (exact) mass is 445 g/mol. The van der Waals surface area contributed by atoms with Crippen molar-refractivity contribution in [3.05, 3.63) is 87.9 Å². The van der Waals surface area contributed by atoms with Gasteiger partial charge in [0, 0.05) is 5.69 Å². The van der Waals surface area contributed by atoms with Gasteiger partial charge >= 0.3 is 11.9 Å². The number of anilines is 1. The molecule has 4 rings (SSSR count). The molecule has 0 fully saturated rings. The number of methoxy groups -OCH3 is 2. The average Bonchev–Trinajstić information content (AvgIpc) is 3.21. The fourth-order valence-electron chi connectivity index (χ4n) is 4.50. The van der Waals surface area contributed by atoms with Gasteiger partial charge in [0.25, 0.3) is 0 Å². The van der Waals surface area contributed by atoms with Crippen molar-refractivity contribution in [3.63, 3.8) is 0 Å². The Balaban J connectivity index is 2.01. The Morgan fingerprint density at radius 2 is 1.73 bits per heavy atom. The van der Waals surface area contributed by atoms with Crippen LogP contribution in [0.3, 0.4) is 0 Å². The van der Waals surface area contributed by atoms with Crippen LogP contribution in [0.15, 0.2) is 71.2 Å². The van der Waals surface area contributed by atoms with Gasteiger partial charge in [-0.25, -0.2) is 9.59 Å². The maximum Gasteiger partial charge on any atom is 0.355 e. The van der Waals surface area contributed by atoms with Crippen LogP contribution in [-0.2, 0) is 31.9 Å². The minimum atomic E-state index is -0.912. The highest BCUT2D eigenvalue weighted by Crippen LogP contribution is 2.43. The first-order valence-electron chi connectivity index (χ1n) is 10.4. The zero-order chi connectivity index (χ0) is 23.7. The Bertz CT molecular complexity index is 1230. The largest absolute Gasteiger partial charge is 0.466 e. The topological polar surface area (TPSA) is 126 Å². The molecule has 2 unspecified atom stereocenters. The van der Waals surface area contributed by atoms with Crippen LogP contribution in [0, 0.1) is 11.3 Å². The van der Waals surface area contributed by atoms with Crippen LogP contribution in [0.1, 0.15) is 22.6 Å². The SMILES string of the molecule is COC(=O)C1=C(C(=O)OC)N(c2ccc3c(c2)CC(O)C3)C(N)=C(C#N)C1c1ccccc1. The zero-order valence-electron chi connectivity index (χ0n) is 18.2. The van der Waals surface area contributed by atoms with Crippen molar-refractivity contribution in [2.45, 2.75) is 24.9 Å². The second kappa shape index (κ2) is 8.81. The number of esters is 2. The number of aliphatic hydroxyl groups is 1. The number of ether oxygens (including phenoxy) is 2. The Labute approximate surface area is 191 Å². The van der Waals surface area contributed by atoms with Crippen LogP contribution < -0.4 is 10.6 Å². The molecule has 1 aliphatic carbocycles. The van der Waals surface area contributed by atoms with E-state index < -0.39 is 24.0 Å². The lowest BCUT2D eigenvalue weighted by Crippen LogP contribution is -2.40. The highest BCUT2D eigenvalue weighted by atomic mass is 16.5. The summed E-state index contributed by atoms with van der Waals surface area (Å²) in [4.78, 5) is 27.5. The van der Waals surface area contributed by atoms with Crippen molar-refractivity contribution in [1.82, 2.24) is 0 Å². The molecule has 0 saturated carbocycles. The summed E-state index contributed by atoms with van der Waals surface area (Å²) in [7, 11) is 2.42. The molecule has 1 heterocycles. The number of fused-ring (bicyclic) bond motifs is 1. The van der Waals surface area contributed by atoms with Crippen LogP contribution in [-0.4, -0.2) is 37.4 Å². The van der Waals surface area contributed by atoms with E-state index in [1.165, 1.54) is 19.1 Å². The molecule has 3 N–H and O–H groups in total. The summed E-state index contributed by atoms with van der Waals surface area (Å²) in [5.74, 6) is -2.47. The van der Waals surface area contributed by atoms with Crippen LogP contribution in [0.5, 0.6) is 0 Å². The molecule has 33 heavy (non-hydrogen) atoms. The number of rotatable bonds is 4. The van der Waals surface area contributed by atoms with E-state index in [-0.39, 0.29) is 22.7 Å². The third-order valence-electron chi connectivity index (χ3n) is 5.97. The van der Waals surface area contributed by atoms with Gasteiger partial charge in [0.1, 0.15) is 11.5 Å². The number of carbonyl (C=O) groups is 2. The number of aliphatic hydroxyl groups excluding tert-OH is 1. The van der Waals surface area contributed by atoms with Gasteiger partial charge in [-0.15, -0.1) is 0 Å². The summed E-state index contributed by atoms with van der Waals surface area (Å²) in [6.07, 6.45) is 0.510. The maximum absolute atomic E-state index is 13.1. The molecule has 1 aliphatic heterocycles. The highest BCUT2D eigenvalue weighted by Gasteiger charge is 2.43. The Morgan fingerprint density at radius 1 is 1.06 bits per heavy atom. The first kappa shape index (κ1) is 22.1. The summed E-state index contributed by atoms with van der Waals surface area (Å²) in [5, 5.41) is 20.1. The van der Waals surface area contributed by atoms with Crippen molar-refractivity contribution in [2.24, 2.45) is 5.73 Å². The van der Waals surface area contributed by atoms with Crippen LogP contribution in [0.25, 0.3) is 0 Å². The molecular formula is C25H23N3O5. The van der Waals surface area contributed by atoms with Crippen LogP contribution in [0.2, 0.25) is 0 Å². The average molecular weight is 445 g/mol. The minimum absolute atomic E-state index is 0.0119. The Hall–Kier alpha value is -4.09. The molecule has 0 amide bonds. The molecule has 0 bridgehead atoms. The smallest absolute Gasteiger partial charge is 0.355 e. The molecule has 2 aromatic carbocycles. The molecule has 168 valence electrons. The summed E-state index contributed by atoms with van der Waals surface area (Å²) in [5.41, 5.74) is 9.42. The van der Waals surface area contributed by atoms with Crippen molar-refractivity contribution < 1.29 is 24.2 Å². The molecule has 2 aromatic rings. The standard InChI is InChI=1S/C25H23N3O5/c1-32-24(30)21-20(14-6-4-3-5-7-14)19(13-26)23(27)28(22(21)25(31)33-2)17-9-8-15-11-18(29)12-16(15)10-17/h3-10,18,20,29H,11-12,27H2,1-2H3. The van der Waals surface area contributed by atoms with Crippen molar-refractivity contribution >= 4 is 17.6 Å². The van der Waals surface area contributed by atoms with Crippen molar-refractivity contribution in [3.8, 4) is 6.07 Å². The summed E-state index contributed by atoms with van der Waals surface area (Å²) in [6.45, 7) is 0. The number of nitrogens with two attached hydrogens (primary N) is 1. The summed E-state index contributed by atoms with van der Waals surface area (Å²) in [6, 6.07) is 16.3. The van der Waals surface area contributed by atoms with E-state index in [2.05, 4.69) is 6.07 Å². The van der Waals surface area contributed by atoms with Gasteiger partial charge < -0.3 is 20.3 Å². The lowest BCUT2D eigenvalue weighted by Gasteiger charge is -2.36. The van der Waals surface area contributed by atoms with Crippen molar-refractivity contribution in [2.75, 3.05) is 19.1 Å². The van der Waals surface area contributed by atoms with E-state index in [0.29, 0.717) is 24.1 Å². The van der Waals surface area contributed by atoms with Gasteiger partial charge in [0.2, 0.25) is 0 Å². The predicted molar refractivity (Wildman–Crippen MR) is 119 cm³/mol. The molecule has 0 spiro atoms. The quantitative estimate of drug-likeness (QED) is 0.685. The van der Waals surface area contributed by atoms with Gasteiger partial charge in [0.05, 0.1) is 43.5 Å². The normalized spacial score (nSPS) is 19.8. The van der Waals surface area contributed by atoms with E-state index in [4.69, 9.17) is 15.2 Å². The lowest BCUT2D eigenvalue weighted by molar-refractivity contribution is -0.139. The number of allylic oxidation sites excluding steroid dienone is 1. The van der Waals surface area contributed by atoms with Gasteiger partial charge in [-0.05, 0) is 41.7 Å². The number of nitriles is 1. The third kappa shape index (κ3) is 3.73. The molecule has 8 nitrogen and oxygen atoms in total. The predicted octanol–water partition coefficient (Wildman–Crippen LogP) is 2.04. The lowest BCUT2D eigenvalue weighted by atomic mass is 9.81.